The molecule has 6 nitrogen and oxygen atoms in total. The molecule has 6 heteroatoms. The Hall–Kier alpha value is -2.37. The van der Waals surface area contributed by atoms with E-state index < -0.39 is 18.0 Å². The van der Waals surface area contributed by atoms with Crippen LogP contribution < -0.4 is 16.0 Å². The lowest BCUT2D eigenvalue weighted by atomic mass is 9.93. The Morgan fingerprint density at radius 1 is 1.12 bits per heavy atom. The van der Waals surface area contributed by atoms with Gasteiger partial charge in [-0.1, -0.05) is 52.0 Å². The summed E-state index contributed by atoms with van der Waals surface area (Å²) in [7, 11) is 0. The Morgan fingerprint density at radius 2 is 1.76 bits per heavy atom. The summed E-state index contributed by atoms with van der Waals surface area (Å²) >= 11 is 0. The van der Waals surface area contributed by atoms with Gasteiger partial charge in [-0.2, -0.15) is 0 Å². The first-order chi connectivity index (χ1) is 11.8. The van der Waals surface area contributed by atoms with Crippen molar-refractivity contribution < 1.29 is 14.4 Å². The number of benzene rings is 1. The molecule has 0 aliphatic carbocycles. The molecule has 2 atom stereocenters. The molecule has 4 amide bonds. The van der Waals surface area contributed by atoms with Gasteiger partial charge in [0, 0.05) is 0 Å². The lowest BCUT2D eigenvalue weighted by Crippen LogP contribution is -2.38. The van der Waals surface area contributed by atoms with Gasteiger partial charge in [0.2, 0.25) is 5.91 Å². The second kappa shape index (κ2) is 8.14. The van der Waals surface area contributed by atoms with E-state index in [-0.39, 0.29) is 24.3 Å². The SMILES string of the molecule is CC(C)Cc1ccc([C@@H](NC(=O)C[C@H]2NC(=O)NC2=O)C(C)C)cc1. The average molecular weight is 345 g/mol. The van der Waals surface area contributed by atoms with E-state index >= 15 is 0 Å². The molecule has 0 aromatic heterocycles. The maximum Gasteiger partial charge on any atom is 0.322 e. The fourth-order valence-electron chi connectivity index (χ4n) is 2.99. The van der Waals surface area contributed by atoms with Crippen molar-refractivity contribution in [1.29, 1.82) is 0 Å². The van der Waals surface area contributed by atoms with Gasteiger partial charge in [0.15, 0.2) is 0 Å². The van der Waals surface area contributed by atoms with Gasteiger partial charge in [-0.15, -0.1) is 0 Å². The van der Waals surface area contributed by atoms with Crippen molar-refractivity contribution >= 4 is 17.8 Å². The number of carbonyl (C=O) groups is 3. The molecule has 136 valence electrons. The summed E-state index contributed by atoms with van der Waals surface area (Å²) in [5.41, 5.74) is 2.31. The van der Waals surface area contributed by atoms with E-state index in [0.717, 1.165) is 12.0 Å². The van der Waals surface area contributed by atoms with Crippen molar-refractivity contribution in [2.24, 2.45) is 11.8 Å². The third-order valence-corrected chi connectivity index (χ3v) is 4.21. The highest BCUT2D eigenvalue weighted by molar-refractivity contribution is 6.05. The summed E-state index contributed by atoms with van der Waals surface area (Å²) in [5.74, 6) is 0.0812. The molecule has 0 unspecified atom stereocenters. The third-order valence-electron chi connectivity index (χ3n) is 4.21. The molecule has 2 rings (SSSR count). The van der Waals surface area contributed by atoms with E-state index in [4.69, 9.17) is 0 Å². The van der Waals surface area contributed by atoms with Crippen LogP contribution in [0, 0.1) is 11.8 Å². The Bertz CT molecular complexity index is 638. The molecule has 1 fully saturated rings. The highest BCUT2D eigenvalue weighted by Gasteiger charge is 2.32. The molecule has 25 heavy (non-hydrogen) atoms. The van der Waals surface area contributed by atoms with Crippen LogP contribution in [0.25, 0.3) is 0 Å². The second-order valence-corrected chi connectivity index (χ2v) is 7.35. The summed E-state index contributed by atoms with van der Waals surface area (Å²) < 4.78 is 0. The lowest BCUT2D eigenvalue weighted by Gasteiger charge is -2.24. The molecule has 1 aromatic carbocycles. The number of imide groups is 1. The zero-order valence-electron chi connectivity index (χ0n) is 15.3. The number of rotatable bonds is 7. The van der Waals surface area contributed by atoms with E-state index in [0.29, 0.717) is 5.92 Å². The first-order valence-electron chi connectivity index (χ1n) is 8.75. The second-order valence-electron chi connectivity index (χ2n) is 7.35. The predicted molar refractivity (Wildman–Crippen MR) is 95.8 cm³/mol. The van der Waals surface area contributed by atoms with Crippen molar-refractivity contribution in [3.8, 4) is 0 Å². The van der Waals surface area contributed by atoms with Crippen LogP contribution >= 0.6 is 0 Å². The monoisotopic (exact) mass is 345 g/mol. The summed E-state index contributed by atoms with van der Waals surface area (Å²) in [6, 6.07) is 6.81. The van der Waals surface area contributed by atoms with E-state index in [9.17, 15) is 14.4 Å². The smallest absolute Gasteiger partial charge is 0.322 e. The third kappa shape index (κ3) is 5.31. The summed E-state index contributed by atoms with van der Waals surface area (Å²) in [6.45, 7) is 8.44. The molecule has 0 saturated carbocycles. The zero-order chi connectivity index (χ0) is 18.6. The van der Waals surface area contributed by atoms with Gasteiger partial charge >= 0.3 is 6.03 Å². The molecule has 1 aromatic rings. The zero-order valence-corrected chi connectivity index (χ0v) is 15.3. The van der Waals surface area contributed by atoms with Gasteiger partial charge < -0.3 is 10.6 Å². The molecule has 3 N–H and O–H groups in total. The van der Waals surface area contributed by atoms with Crippen LogP contribution in [0.2, 0.25) is 0 Å². The standard InChI is InChI=1S/C19H27N3O3/c1-11(2)9-13-5-7-14(8-6-13)17(12(3)4)21-16(23)10-15-18(24)22-19(25)20-15/h5-8,11-12,15,17H,9-10H2,1-4H3,(H,21,23)(H2,20,22,24,25)/t15-,17+/m1/s1. The van der Waals surface area contributed by atoms with Crippen LogP contribution in [-0.4, -0.2) is 23.9 Å². The van der Waals surface area contributed by atoms with Crippen LogP contribution in [0.1, 0.15) is 51.3 Å². The minimum absolute atomic E-state index is 0.0633. The van der Waals surface area contributed by atoms with Crippen molar-refractivity contribution in [3.63, 3.8) is 0 Å². The largest absolute Gasteiger partial charge is 0.349 e. The number of hydrogen-bond acceptors (Lipinski definition) is 3. The maximum absolute atomic E-state index is 12.3. The van der Waals surface area contributed by atoms with Crippen LogP contribution in [0.5, 0.6) is 0 Å². The van der Waals surface area contributed by atoms with Crippen molar-refractivity contribution in [2.75, 3.05) is 0 Å². The van der Waals surface area contributed by atoms with E-state index in [2.05, 4.69) is 41.9 Å². The Labute approximate surface area is 148 Å². The molecule has 0 bridgehead atoms. The van der Waals surface area contributed by atoms with Gasteiger partial charge in [0.25, 0.3) is 5.91 Å². The summed E-state index contributed by atoms with van der Waals surface area (Å²) in [4.78, 5) is 35.0. The fraction of sp³-hybridized carbons (Fsp3) is 0.526. The van der Waals surface area contributed by atoms with Crippen molar-refractivity contribution in [2.45, 2.75) is 52.6 Å². The van der Waals surface area contributed by atoms with Gasteiger partial charge in [-0.25, -0.2) is 4.79 Å². The summed E-state index contributed by atoms with van der Waals surface area (Å²) in [5, 5.41) is 7.56. The quantitative estimate of drug-likeness (QED) is 0.663. The Morgan fingerprint density at radius 3 is 2.24 bits per heavy atom. The molecular formula is C19H27N3O3. The molecule has 0 radical (unpaired) electrons. The van der Waals surface area contributed by atoms with Gasteiger partial charge in [-0.05, 0) is 29.4 Å². The first kappa shape index (κ1) is 19.0. The van der Waals surface area contributed by atoms with Crippen LogP contribution in [-0.2, 0) is 16.0 Å². The Balaban J connectivity index is 2.01. The lowest BCUT2D eigenvalue weighted by molar-refractivity contribution is -0.127. The average Bonchev–Trinajstić information content (AvgIpc) is 2.82. The topological polar surface area (TPSA) is 87.3 Å². The molecule has 1 aliphatic rings. The number of urea groups is 1. The van der Waals surface area contributed by atoms with E-state index in [1.807, 2.05) is 26.0 Å². The summed E-state index contributed by atoms with van der Waals surface area (Å²) in [6.07, 6.45) is 0.960. The fourth-order valence-corrected chi connectivity index (χ4v) is 2.99. The minimum Gasteiger partial charge on any atom is -0.349 e. The van der Waals surface area contributed by atoms with E-state index in [1.165, 1.54) is 5.56 Å². The predicted octanol–water partition coefficient (Wildman–Crippen LogP) is 2.30. The molecular weight excluding hydrogens is 318 g/mol. The number of amides is 4. The van der Waals surface area contributed by atoms with Gasteiger partial charge in [0.05, 0.1) is 12.5 Å². The molecule has 1 aliphatic heterocycles. The highest BCUT2D eigenvalue weighted by atomic mass is 16.2. The van der Waals surface area contributed by atoms with Crippen molar-refractivity contribution in [1.82, 2.24) is 16.0 Å². The Kier molecular flexibility index (Phi) is 6.17. The van der Waals surface area contributed by atoms with Crippen molar-refractivity contribution in [3.05, 3.63) is 35.4 Å². The minimum atomic E-state index is -0.797. The normalized spacial score (nSPS) is 18.2. The first-order valence-corrected chi connectivity index (χ1v) is 8.75. The molecule has 0 spiro atoms. The van der Waals surface area contributed by atoms with Crippen LogP contribution in [0.15, 0.2) is 24.3 Å². The number of nitrogens with one attached hydrogen (secondary N) is 3. The molecule has 1 saturated heterocycles. The number of hydrogen-bond donors (Lipinski definition) is 3. The maximum atomic E-state index is 12.3. The van der Waals surface area contributed by atoms with Gasteiger partial charge in [0.1, 0.15) is 6.04 Å². The van der Waals surface area contributed by atoms with Gasteiger partial charge in [-0.3, -0.25) is 14.9 Å². The van der Waals surface area contributed by atoms with Crippen LogP contribution in [0.4, 0.5) is 4.79 Å². The number of carbonyl (C=O) groups excluding carboxylic acids is 3. The van der Waals surface area contributed by atoms with E-state index in [1.54, 1.807) is 0 Å². The molecule has 1 heterocycles. The van der Waals surface area contributed by atoms with Crippen LogP contribution in [0.3, 0.4) is 0 Å². The highest BCUT2D eigenvalue weighted by Crippen LogP contribution is 2.23.